The van der Waals surface area contributed by atoms with Gasteiger partial charge in [-0.15, -0.1) is 0 Å². The highest BCUT2D eigenvalue weighted by atomic mass is 16.6. The zero-order valence-electron chi connectivity index (χ0n) is 16.9. The minimum atomic E-state index is -0.405. The van der Waals surface area contributed by atoms with Crippen LogP contribution in [0.5, 0.6) is 0 Å². The fourth-order valence-corrected chi connectivity index (χ4v) is 3.48. The molecule has 0 saturated carbocycles. The van der Waals surface area contributed by atoms with Crippen LogP contribution in [0.1, 0.15) is 15.9 Å². The number of allylic oxidation sites excluding steroid dienone is 1. The first-order valence-corrected chi connectivity index (χ1v) is 9.81. The molecule has 0 unspecified atom stereocenters. The normalized spacial score (nSPS) is 11.0. The maximum absolute atomic E-state index is 12.6. The summed E-state index contributed by atoms with van der Waals surface area (Å²) >= 11 is 0. The molecule has 0 amide bonds. The predicted molar refractivity (Wildman–Crippen MR) is 125 cm³/mol. The number of nitrogens with zero attached hydrogens (tertiary/aromatic N) is 2. The Morgan fingerprint density at radius 3 is 2.32 bits per heavy atom. The van der Waals surface area contributed by atoms with Gasteiger partial charge in [-0.2, -0.15) is 0 Å². The SMILES string of the molecule is CN(c1ccccc1)c1ccc(/C=C/C(=O)c2ccc3ccccc3c2)cc1[N+](=O)[O-]. The van der Waals surface area contributed by atoms with Crippen molar-refractivity contribution in [2.24, 2.45) is 0 Å². The van der Waals surface area contributed by atoms with Crippen LogP contribution in [0.3, 0.4) is 0 Å². The summed E-state index contributed by atoms with van der Waals surface area (Å²) in [6.45, 7) is 0. The van der Waals surface area contributed by atoms with Crippen LogP contribution in [0.25, 0.3) is 16.8 Å². The molecule has 5 heteroatoms. The van der Waals surface area contributed by atoms with Gasteiger partial charge in [-0.3, -0.25) is 14.9 Å². The molecule has 31 heavy (non-hydrogen) atoms. The fourth-order valence-electron chi connectivity index (χ4n) is 3.48. The topological polar surface area (TPSA) is 63.5 Å². The van der Waals surface area contributed by atoms with Crippen molar-refractivity contribution >= 4 is 39.7 Å². The van der Waals surface area contributed by atoms with Crippen molar-refractivity contribution in [3.05, 3.63) is 118 Å². The lowest BCUT2D eigenvalue weighted by Gasteiger charge is -2.19. The molecule has 0 atom stereocenters. The molecule has 0 radical (unpaired) electrons. The Bertz CT molecular complexity index is 1300. The number of nitro groups is 1. The van der Waals surface area contributed by atoms with Gasteiger partial charge >= 0.3 is 0 Å². The van der Waals surface area contributed by atoms with Gasteiger partial charge in [0, 0.05) is 24.4 Å². The van der Waals surface area contributed by atoms with Crippen molar-refractivity contribution in [3.63, 3.8) is 0 Å². The third kappa shape index (κ3) is 4.36. The lowest BCUT2D eigenvalue weighted by Crippen LogP contribution is -2.11. The number of hydrogen-bond acceptors (Lipinski definition) is 4. The molecule has 0 spiro atoms. The van der Waals surface area contributed by atoms with Gasteiger partial charge in [-0.25, -0.2) is 0 Å². The summed E-state index contributed by atoms with van der Waals surface area (Å²) in [6.07, 6.45) is 3.06. The van der Waals surface area contributed by atoms with E-state index in [-0.39, 0.29) is 11.5 Å². The number of nitro benzene ring substituents is 1. The molecule has 152 valence electrons. The number of carbonyl (C=O) groups excluding carboxylic acids is 1. The van der Waals surface area contributed by atoms with E-state index in [2.05, 4.69) is 0 Å². The highest BCUT2D eigenvalue weighted by Crippen LogP contribution is 2.33. The number of benzene rings is 4. The van der Waals surface area contributed by atoms with Crippen molar-refractivity contribution < 1.29 is 9.72 Å². The molecule has 0 fully saturated rings. The number of anilines is 2. The third-order valence-electron chi connectivity index (χ3n) is 5.16. The van der Waals surface area contributed by atoms with E-state index in [9.17, 15) is 14.9 Å². The third-order valence-corrected chi connectivity index (χ3v) is 5.16. The van der Waals surface area contributed by atoms with E-state index >= 15 is 0 Å². The standard InChI is InChI=1S/C26H20N2O3/c1-27(23-9-3-2-4-10-23)24-15-11-19(17-25(24)28(30)31)12-16-26(29)22-14-13-20-7-5-6-8-21(20)18-22/h2-18H,1H3/b16-12+. The summed E-state index contributed by atoms with van der Waals surface area (Å²) in [7, 11) is 1.79. The maximum atomic E-state index is 12.6. The molecule has 4 rings (SSSR count). The highest BCUT2D eigenvalue weighted by molar-refractivity contribution is 6.08. The lowest BCUT2D eigenvalue weighted by atomic mass is 10.0. The van der Waals surface area contributed by atoms with Gasteiger partial charge in [-0.1, -0.05) is 66.7 Å². The van der Waals surface area contributed by atoms with Gasteiger partial charge < -0.3 is 4.90 Å². The minimum absolute atomic E-state index is 0.0216. The summed E-state index contributed by atoms with van der Waals surface area (Å²) in [5.41, 5.74) is 2.47. The number of hydrogen-bond donors (Lipinski definition) is 0. The largest absolute Gasteiger partial charge is 0.339 e. The minimum Gasteiger partial charge on any atom is -0.339 e. The molecule has 0 bridgehead atoms. The van der Waals surface area contributed by atoms with E-state index in [0.717, 1.165) is 16.5 Å². The van der Waals surface area contributed by atoms with E-state index < -0.39 is 4.92 Å². The number of fused-ring (bicyclic) bond motifs is 1. The molecule has 0 aliphatic rings. The van der Waals surface area contributed by atoms with E-state index in [1.807, 2.05) is 66.7 Å². The van der Waals surface area contributed by atoms with Gasteiger partial charge in [0.15, 0.2) is 5.78 Å². The first kappa shape index (κ1) is 20.0. The van der Waals surface area contributed by atoms with Crippen LogP contribution in [0.4, 0.5) is 17.1 Å². The van der Waals surface area contributed by atoms with E-state index in [1.54, 1.807) is 36.2 Å². The van der Waals surface area contributed by atoms with Crippen molar-refractivity contribution in [3.8, 4) is 0 Å². The molecule has 0 heterocycles. The molecule has 0 saturated heterocycles. The second-order valence-electron chi connectivity index (χ2n) is 7.16. The van der Waals surface area contributed by atoms with Gasteiger partial charge in [-0.05, 0) is 46.7 Å². The van der Waals surface area contributed by atoms with Crippen molar-refractivity contribution in [2.45, 2.75) is 0 Å². The van der Waals surface area contributed by atoms with E-state index in [1.165, 1.54) is 12.1 Å². The molecule has 0 aromatic heterocycles. The highest BCUT2D eigenvalue weighted by Gasteiger charge is 2.18. The first-order valence-electron chi connectivity index (χ1n) is 9.81. The molecule has 0 N–H and O–H groups in total. The monoisotopic (exact) mass is 408 g/mol. The second-order valence-corrected chi connectivity index (χ2v) is 7.16. The molecule has 4 aromatic carbocycles. The lowest BCUT2D eigenvalue weighted by molar-refractivity contribution is -0.384. The van der Waals surface area contributed by atoms with Crippen LogP contribution in [0, 0.1) is 10.1 Å². The van der Waals surface area contributed by atoms with Gasteiger partial charge in [0.2, 0.25) is 0 Å². The number of ketones is 1. The second kappa shape index (κ2) is 8.63. The van der Waals surface area contributed by atoms with Crippen LogP contribution in [0.2, 0.25) is 0 Å². The van der Waals surface area contributed by atoms with Gasteiger partial charge in [0.25, 0.3) is 5.69 Å². The Morgan fingerprint density at radius 2 is 1.58 bits per heavy atom. The van der Waals surface area contributed by atoms with Crippen LogP contribution < -0.4 is 4.90 Å². The smallest absolute Gasteiger partial charge is 0.293 e. The Hall–Kier alpha value is -4.25. The van der Waals surface area contributed by atoms with Crippen LogP contribution >= 0.6 is 0 Å². The Labute approximate surface area is 180 Å². The Balaban J connectivity index is 1.60. The van der Waals surface area contributed by atoms with Crippen molar-refractivity contribution in [1.29, 1.82) is 0 Å². The summed E-state index contributed by atoms with van der Waals surface area (Å²) in [5.74, 6) is -0.154. The van der Waals surface area contributed by atoms with Crippen molar-refractivity contribution in [1.82, 2.24) is 0 Å². The van der Waals surface area contributed by atoms with Crippen LogP contribution in [-0.2, 0) is 0 Å². The first-order chi connectivity index (χ1) is 15.0. The van der Waals surface area contributed by atoms with Gasteiger partial charge in [0.05, 0.1) is 4.92 Å². The van der Waals surface area contributed by atoms with Gasteiger partial charge in [0.1, 0.15) is 5.69 Å². The van der Waals surface area contributed by atoms with Crippen LogP contribution in [-0.4, -0.2) is 17.8 Å². The fraction of sp³-hybridized carbons (Fsp3) is 0.0385. The van der Waals surface area contributed by atoms with E-state index in [4.69, 9.17) is 0 Å². The summed E-state index contributed by atoms with van der Waals surface area (Å²) in [6, 6.07) is 27.8. The number of rotatable bonds is 6. The zero-order chi connectivity index (χ0) is 21.8. The Morgan fingerprint density at radius 1 is 0.871 bits per heavy atom. The van der Waals surface area contributed by atoms with Crippen LogP contribution in [0.15, 0.2) is 97.1 Å². The molecular weight excluding hydrogens is 388 g/mol. The summed E-state index contributed by atoms with van der Waals surface area (Å²) in [5, 5.41) is 13.7. The zero-order valence-corrected chi connectivity index (χ0v) is 16.9. The average Bonchev–Trinajstić information content (AvgIpc) is 2.82. The summed E-state index contributed by atoms with van der Waals surface area (Å²) in [4.78, 5) is 25.7. The number of para-hydroxylation sites is 1. The average molecular weight is 408 g/mol. The van der Waals surface area contributed by atoms with E-state index in [0.29, 0.717) is 16.8 Å². The number of carbonyl (C=O) groups is 1. The molecular formula is C26H20N2O3. The molecule has 0 aliphatic carbocycles. The molecule has 0 aliphatic heterocycles. The Kier molecular flexibility index (Phi) is 5.58. The molecule has 5 nitrogen and oxygen atoms in total. The maximum Gasteiger partial charge on any atom is 0.293 e. The predicted octanol–water partition coefficient (Wildman–Crippen LogP) is 6.41. The quantitative estimate of drug-likeness (QED) is 0.160. The molecule has 4 aromatic rings. The summed E-state index contributed by atoms with van der Waals surface area (Å²) < 4.78 is 0. The van der Waals surface area contributed by atoms with Crippen molar-refractivity contribution in [2.75, 3.05) is 11.9 Å².